The summed E-state index contributed by atoms with van der Waals surface area (Å²) in [7, 11) is -10.7. The Hall–Kier alpha value is -3.12. The van der Waals surface area contributed by atoms with Gasteiger partial charge in [-0.1, -0.05) is 150 Å². The van der Waals surface area contributed by atoms with Crippen LogP contribution in [0.25, 0.3) is 0 Å². The third kappa shape index (κ3) is 34.3. The second-order valence-electron chi connectivity index (χ2n) is 17.0. The van der Waals surface area contributed by atoms with Crippen LogP contribution in [0.1, 0.15) is 149 Å². The summed E-state index contributed by atoms with van der Waals surface area (Å²) in [4.78, 5) is 54.4. The molecule has 9 atom stereocenters. The molecule has 19 heteroatoms. The van der Waals surface area contributed by atoms with Gasteiger partial charge in [0.2, 0.25) is 0 Å². The van der Waals surface area contributed by atoms with E-state index in [1.165, 1.54) is 0 Å². The summed E-state index contributed by atoms with van der Waals surface area (Å²) in [5.74, 6) is -1.32. The van der Waals surface area contributed by atoms with Gasteiger partial charge in [0.05, 0.1) is 12.7 Å². The number of ether oxygens (including phenoxy) is 2. The summed E-state index contributed by atoms with van der Waals surface area (Å²) >= 11 is 0. The molecule has 0 aromatic carbocycles. The van der Waals surface area contributed by atoms with E-state index in [-0.39, 0.29) is 12.8 Å². The second kappa shape index (κ2) is 40.4. The fourth-order valence-corrected chi connectivity index (χ4v) is 8.39. The maximum Gasteiger partial charge on any atom is 0.472 e. The molecule has 1 aliphatic rings. The first-order chi connectivity index (χ1) is 33.5. The summed E-state index contributed by atoms with van der Waals surface area (Å²) in [6, 6.07) is 0. The minimum atomic E-state index is -5.38. The van der Waals surface area contributed by atoms with Crippen molar-refractivity contribution in [3.63, 3.8) is 0 Å². The Kier molecular flexibility index (Phi) is 37.4. The van der Waals surface area contributed by atoms with E-state index in [0.717, 1.165) is 96.3 Å². The first kappa shape index (κ1) is 64.9. The van der Waals surface area contributed by atoms with Crippen LogP contribution in [0.15, 0.2) is 97.2 Å². The van der Waals surface area contributed by atoms with E-state index in [0.29, 0.717) is 25.7 Å². The average molecular weight is 1030 g/mol. The molecule has 70 heavy (non-hydrogen) atoms. The third-order valence-corrected chi connectivity index (χ3v) is 12.2. The van der Waals surface area contributed by atoms with Crippen molar-refractivity contribution in [1.82, 2.24) is 0 Å². The molecule has 1 fully saturated rings. The zero-order valence-corrected chi connectivity index (χ0v) is 43.1. The van der Waals surface area contributed by atoms with Crippen LogP contribution in [-0.2, 0) is 41.8 Å². The second-order valence-corrected chi connectivity index (χ2v) is 19.6. The van der Waals surface area contributed by atoms with Gasteiger partial charge >= 0.3 is 27.6 Å². The predicted molar refractivity (Wildman–Crippen MR) is 270 cm³/mol. The van der Waals surface area contributed by atoms with E-state index in [2.05, 4.69) is 67.0 Å². The van der Waals surface area contributed by atoms with Crippen molar-refractivity contribution in [3.05, 3.63) is 97.2 Å². The minimum absolute atomic E-state index is 0.0577. The van der Waals surface area contributed by atoms with Gasteiger partial charge < -0.3 is 49.7 Å². The average Bonchev–Trinajstić information content (AvgIpc) is 3.31. The maximum atomic E-state index is 13.0. The van der Waals surface area contributed by atoms with Crippen LogP contribution < -0.4 is 0 Å². The summed E-state index contributed by atoms with van der Waals surface area (Å²) in [6.45, 7) is 2.78. The zero-order valence-electron chi connectivity index (χ0n) is 41.3. The number of hydrogen-bond donors (Lipinski definition) is 8. The predicted octanol–water partition coefficient (Wildman–Crippen LogP) is 8.92. The van der Waals surface area contributed by atoms with Gasteiger partial charge in [-0.2, -0.15) is 0 Å². The molecule has 0 aromatic rings. The fourth-order valence-electron chi connectivity index (χ4n) is 6.85. The summed E-state index contributed by atoms with van der Waals surface area (Å²) in [6.07, 6.45) is 34.0. The van der Waals surface area contributed by atoms with E-state index in [9.17, 15) is 58.9 Å². The molecule has 0 heterocycles. The number of esters is 2. The lowest BCUT2D eigenvalue weighted by atomic mass is 9.85. The topological polar surface area (TPSA) is 276 Å². The number of aliphatic hydroxyl groups excluding tert-OH is 5. The molecule has 5 unspecified atom stereocenters. The molecule has 0 radical (unpaired) electrons. The number of rotatable bonds is 40. The number of phosphoric acid groups is 2. The number of carbonyl (C=O) groups is 2. The monoisotopic (exact) mass is 1030 g/mol. The molecule has 1 rings (SSSR count). The van der Waals surface area contributed by atoms with Crippen molar-refractivity contribution in [2.24, 2.45) is 0 Å². The molecule has 8 N–H and O–H groups in total. The molecule has 0 aliphatic heterocycles. The number of allylic oxidation sites excluding steroid dienone is 15. The Bertz CT molecular complexity index is 1730. The van der Waals surface area contributed by atoms with Crippen LogP contribution in [0.2, 0.25) is 0 Å². The highest BCUT2D eigenvalue weighted by Crippen LogP contribution is 2.49. The standard InChI is InChI=1S/C51H84O17P2/c1-3-5-7-8-9-10-11-12-13-14-15-16-17-18-22-25-28-31-34-38-44(53)64-40-43(41-65-70(62,63)68-51-48(57)46(55)47(56)50(49(51)58)67-69(59,60)61)66-45(54)39-35-32-29-26-23-20-19-21-24-27-30-33-37-42(52)36-6-4-2/h5,7,9-10,12-13,15-16,19-20,24,26-27,29,33,37,42-43,46-52,55-58H,3-4,6,8,11,14,17-18,21-23,25,28,30-32,34-36,38-41H2,1-2H3,(H,62,63)(H2,59,60,61)/b7-5-,10-9-,13-12-,16-15-,20-19-,27-24-,29-26-,37-33-/t42-,43-,46?,47?,48?,49?,50-,51+/m1/s1. The van der Waals surface area contributed by atoms with Crippen LogP contribution in [0.5, 0.6) is 0 Å². The fraction of sp³-hybridized carbons (Fsp3) is 0.647. The van der Waals surface area contributed by atoms with Crippen molar-refractivity contribution >= 4 is 27.6 Å². The minimum Gasteiger partial charge on any atom is -0.462 e. The Morgan fingerprint density at radius 3 is 1.54 bits per heavy atom. The van der Waals surface area contributed by atoms with E-state index in [4.69, 9.17) is 18.5 Å². The smallest absolute Gasteiger partial charge is 0.462 e. The van der Waals surface area contributed by atoms with Crippen molar-refractivity contribution in [1.29, 1.82) is 0 Å². The maximum absolute atomic E-state index is 13.0. The van der Waals surface area contributed by atoms with Crippen LogP contribution in [0.4, 0.5) is 0 Å². The first-order valence-corrected chi connectivity index (χ1v) is 27.9. The molecular weight excluding hydrogens is 946 g/mol. The Morgan fingerprint density at radius 1 is 0.529 bits per heavy atom. The number of aliphatic hydroxyl groups is 5. The normalized spacial score (nSPS) is 22.3. The lowest BCUT2D eigenvalue weighted by Gasteiger charge is -2.43. The van der Waals surface area contributed by atoms with Crippen LogP contribution in [0.3, 0.4) is 0 Å². The van der Waals surface area contributed by atoms with Gasteiger partial charge in [-0.05, 0) is 83.5 Å². The van der Waals surface area contributed by atoms with Crippen LogP contribution in [0, 0.1) is 0 Å². The number of hydrogen-bond acceptors (Lipinski definition) is 14. The number of carbonyl (C=O) groups excluding carboxylic acids is 2. The zero-order chi connectivity index (χ0) is 51.9. The molecule has 0 aromatic heterocycles. The van der Waals surface area contributed by atoms with E-state index in [1.807, 2.05) is 48.6 Å². The van der Waals surface area contributed by atoms with Crippen molar-refractivity contribution < 1.29 is 82.0 Å². The molecule has 0 spiro atoms. The van der Waals surface area contributed by atoms with E-state index >= 15 is 0 Å². The highest BCUT2D eigenvalue weighted by Gasteiger charge is 2.54. The largest absolute Gasteiger partial charge is 0.472 e. The highest BCUT2D eigenvalue weighted by atomic mass is 31.2. The molecule has 0 bridgehead atoms. The van der Waals surface area contributed by atoms with Crippen LogP contribution in [-0.4, -0.2) is 114 Å². The van der Waals surface area contributed by atoms with E-state index < -0.39 is 89.6 Å². The molecule has 17 nitrogen and oxygen atoms in total. The van der Waals surface area contributed by atoms with Crippen molar-refractivity contribution in [3.8, 4) is 0 Å². The Morgan fingerprint density at radius 2 is 1.00 bits per heavy atom. The SMILES string of the molecule is CC/C=C\C/C=C\C/C=C\C/C=C\CCCCCCCCC(=O)OC[C@H](COP(=O)(O)O[C@H]1C(O)C(O)C(O)[C@@H](OP(=O)(O)O)C1O)OC(=O)CCC/C=C\C/C=C\C/C=C\C/C=C\[C@H](O)CCCC. The number of unbranched alkanes of at least 4 members (excludes halogenated alkanes) is 8. The van der Waals surface area contributed by atoms with Crippen LogP contribution >= 0.6 is 15.6 Å². The molecule has 1 saturated carbocycles. The van der Waals surface area contributed by atoms with Gasteiger partial charge in [-0.15, -0.1) is 0 Å². The summed E-state index contributed by atoms with van der Waals surface area (Å²) in [5, 5.41) is 51.1. The van der Waals surface area contributed by atoms with Gasteiger partial charge in [-0.3, -0.25) is 23.2 Å². The molecule has 1 aliphatic carbocycles. The quantitative estimate of drug-likeness (QED) is 0.0123. The summed E-state index contributed by atoms with van der Waals surface area (Å²) < 4.78 is 49.3. The van der Waals surface area contributed by atoms with Gasteiger partial charge in [0.15, 0.2) is 6.10 Å². The lowest BCUT2D eigenvalue weighted by Crippen LogP contribution is -2.64. The van der Waals surface area contributed by atoms with Crippen molar-refractivity contribution in [2.75, 3.05) is 13.2 Å². The first-order valence-electron chi connectivity index (χ1n) is 24.9. The molecular formula is C51H84O17P2. The third-order valence-electron chi connectivity index (χ3n) is 10.7. The van der Waals surface area contributed by atoms with Gasteiger partial charge in [0, 0.05) is 12.8 Å². The molecule has 0 saturated heterocycles. The Labute approximate surface area is 416 Å². The molecule has 400 valence electrons. The van der Waals surface area contributed by atoms with Gasteiger partial charge in [-0.25, -0.2) is 9.13 Å². The number of phosphoric ester groups is 2. The Balaban J connectivity index is 2.63. The van der Waals surface area contributed by atoms with E-state index in [1.54, 1.807) is 0 Å². The lowest BCUT2D eigenvalue weighted by molar-refractivity contribution is -0.216. The summed E-state index contributed by atoms with van der Waals surface area (Å²) in [5.41, 5.74) is 0. The van der Waals surface area contributed by atoms with Gasteiger partial charge in [0.1, 0.15) is 43.2 Å². The molecule has 0 amide bonds. The highest BCUT2D eigenvalue weighted by molar-refractivity contribution is 7.47. The van der Waals surface area contributed by atoms with Crippen molar-refractivity contribution in [2.45, 2.75) is 198 Å². The van der Waals surface area contributed by atoms with Gasteiger partial charge in [0.25, 0.3) is 0 Å².